The molecule has 0 radical (unpaired) electrons. The van der Waals surface area contributed by atoms with Gasteiger partial charge >= 0.3 is 0 Å². The molecule has 0 saturated heterocycles. The van der Waals surface area contributed by atoms with Crippen molar-refractivity contribution < 1.29 is 4.39 Å². The maximum absolute atomic E-state index is 13.9. The van der Waals surface area contributed by atoms with Crippen molar-refractivity contribution >= 4 is 22.5 Å². The standard InChI is InChI=1S/C20H21ClFN3O/c1-12(2)20(3,23)19-24-17-10-15(21)16(22)9-14(17)18(26)25(19)11-13-7-5-4-6-8-13/h4-10,12H,11,23H2,1-3H3. The fourth-order valence-electron chi connectivity index (χ4n) is 2.80. The van der Waals surface area contributed by atoms with Crippen LogP contribution in [0.5, 0.6) is 0 Å². The number of nitrogens with two attached hydrogens (primary N) is 1. The van der Waals surface area contributed by atoms with Gasteiger partial charge in [0.15, 0.2) is 0 Å². The Bertz CT molecular complexity index is 1010. The Morgan fingerprint density at radius 1 is 1.27 bits per heavy atom. The van der Waals surface area contributed by atoms with Crippen molar-refractivity contribution in [1.29, 1.82) is 0 Å². The second kappa shape index (κ2) is 6.82. The predicted molar refractivity (Wildman–Crippen MR) is 103 cm³/mol. The van der Waals surface area contributed by atoms with Crippen LogP contribution in [-0.2, 0) is 12.1 Å². The lowest BCUT2D eigenvalue weighted by Crippen LogP contribution is -2.45. The average Bonchev–Trinajstić information content (AvgIpc) is 2.59. The third kappa shape index (κ3) is 3.24. The van der Waals surface area contributed by atoms with Crippen molar-refractivity contribution in [3.05, 3.63) is 75.0 Å². The van der Waals surface area contributed by atoms with Crippen LogP contribution >= 0.6 is 11.6 Å². The summed E-state index contributed by atoms with van der Waals surface area (Å²) < 4.78 is 15.5. The summed E-state index contributed by atoms with van der Waals surface area (Å²) in [6, 6.07) is 12.1. The van der Waals surface area contributed by atoms with Gasteiger partial charge in [-0.15, -0.1) is 0 Å². The Hall–Kier alpha value is -2.24. The molecular formula is C20H21ClFN3O. The SMILES string of the molecule is CC(C)C(C)(N)c1nc2cc(Cl)c(F)cc2c(=O)n1Cc1ccccc1. The van der Waals surface area contributed by atoms with Gasteiger partial charge in [0.2, 0.25) is 0 Å². The van der Waals surface area contributed by atoms with E-state index in [0.29, 0.717) is 17.9 Å². The minimum Gasteiger partial charge on any atom is -0.319 e. The summed E-state index contributed by atoms with van der Waals surface area (Å²) in [4.78, 5) is 17.8. The van der Waals surface area contributed by atoms with E-state index in [1.807, 2.05) is 51.1 Å². The monoisotopic (exact) mass is 373 g/mol. The van der Waals surface area contributed by atoms with Crippen LogP contribution < -0.4 is 11.3 Å². The van der Waals surface area contributed by atoms with Gasteiger partial charge in [-0.1, -0.05) is 55.8 Å². The highest BCUT2D eigenvalue weighted by Crippen LogP contribution is 2.27. The molecule has 0 aliphatic heterocycles. The van der Waals surface area contributed by atoms with Crippen LogP contribution in [0.4, 0.5) is 4.39 Å². The largest absolute Gasteiger partial charge is 0.319 e. The minimum atomic E-state index is -0.844. The van der Waals surface area contributed by atoms with Crippen molar-refractivity contribution in [2.75, 3.05) is 0 Å². The van der Waals surface area contributed by atoms with Crippen molar-refractivity contribution in [3.63, 3.8) is 0 Å². The molecule has 0 amide bonds. The molecule has 1 atom stereocenters. The van der Waals surface area contributed by atoms with E-state index in [2.05, 4.69) is 4.98 Å². The third-order valence-corrected chi connectivity index (χ3v) is 5.15. The maximum Gasteiger partial charge on any atom is 0.261 e. The van der Waals surface area contributed by atoms with E-state index in [0.717, 1.165) is 11.6 Å². The zero-order chi connectivity index (χ0) is 19.1. The lowest BCUT2D eigenvalue weighted by molar-refractivity contribution is 0.315. The van der Waals surface area contributed by atoms with Crippen LogP contribution in [0.15, 0.2) is 47.3 Å². The first-order valence-corrected chi connectivity index (χ1v) is 8.82. The molecule has 0 bridgehead atoms. The smallest absolute Gasteiger partial charge is 0.261 e. The molecule has 3 rings (SSSR count). The molecule has 1 heterocycles. The van der Waals surface area contributed by atoms with E-state index in [1.165, 1.54) is 10.6 Å². The van der Waals surface area contributed by atoms with Gasteiger partial charge in [0.1, 0.15) is 11.6 Å². The fraction of sp³-hybridized carbons (Fsp3) is 0.300. The Balaban J connectivity index is 2.33. The van der Waals surface area contributed by atoms with Crippen LogP contribution in [-0.4, -0.2) is 9.55 Å². The molecule has 1 unspecified atom stereocenters. The normalized spacial score (nSPS) is 14.0. The summed E-state index contributed by atoms with van der Waals surface area (Å²) in [5.41, 5.74) is 6.64. The lowest BCUT2D eigenvalue weighted by Gasteiger charge is -2.31. The highest BCUT2D eigenvalue weighted by Gasteiger charge is 2.31. The Morgan fingerprint density at radius 3 is 2.54 bits per heavy atom. The Morgan fingerprint density at radius 2 is 1.92 bits per heavy atom. The molecule has 0 fully saturated rings. The number of hydrogen-bond donors (Lipinski definition) is 1. The minimum absolute atomic E-state index is 0.0322. The molecule has 0 aliphatic carbocycles. The van der Waals surface area contributed by atoms with Crippen LogP contribution in [0.1, 0.15) is 32.2 Å². The molecule has 4 nitrogen and oxygen atoms in total. The molecular weight excluding hydrogens is 353 g/mol. The molecule has 0 spiro atoms. The summed E-state index contributed by atoms with van der Waals surface area (Å²) in [5.74, 6) is -0.155. The lowest BCUT2D eigenvalue weighted by atomic mass is 9.88. The number of aromatic nitrogens is 2. The van der Waals surface area contributed by atoms with E-state index in [1.54, 1.807) is 0 Å². The zero-order valence-corrected chi connectivity index (χ0v) is 15.7. The van der Waals surface area contributed by atoms with E-state index in [4.69, 9.17) is 17.3 Å². The van der Waals surface area contributed by atoms with Crippen LogP contribution in [0.25, 0.3) is 10.9 Å². The third-order valence-electron chi connectivity index (χ3n) is 4.86. The van der Waals surface area contributed by atoms with E-state index in [9.17, 15) is 9.18 Å². The summed E-state index contributed by atoms with van der Waals surface area (Å²) in [6.07, 6.45) is 0. The van der Waals surface area contributed by atoms with Crippen molar-refractivity contribution in [3.8, 4) is 0 Å². The van der Waals surface area contributed by atoms with Crippen molar-refractivity contribution in [2.45, 2.75) is 32.9 Å². The van der Waals surface area contributed by atoms with Gasteiger partial charge in [0, 0.05) is 0 Å². The highest BCUT2D eigenvalue weighted by molar-refractivity contribution is 6.31. The van der Waals surface area contributed by atoms with Gasteiger partial charge in [-0.3, -0.25) is 9.36 Å². The van der Waals surface area contributed by atoms with Gasteiger partial charge in [-0.25, -0.2) is 9.37 Å². The second-order valence-electron chi connectivity index (χ2n) is 7.03. The number of nitrogens with zero attached hydrogens (tertiary/aromatic N) is 2. The van der Waals surface area contributed by atoms with E-state index in [-0.39, 0.29) is 21.9 Å². The summed E-state index contributed by atoms with van der Waals surface area (Å²) >= 11 is 5.88. The molecule has 2 N–H and O–H groups in total. The number of hydrogen-bond acceptors (Lipinski definition) is 3. The molecule has 0 aliphatic rings. The molecule has 2 aromatic carbocycles. The van der Waals surface area contributed by atoms with Gasteiger partial charge in [-0.05, 0) is 30.5 Å². The second-order valence-corrected chi connectivity index (χ2v) is 7.44. The summed E-state index contributed by atoms with van der Waals surface area (Å²) in [6.45, 7) is 6.10. The van der Waals surface area contributed by atoms with Crippen LogP contribution in [0.2, 0.25) is 5.02 Å². The predicted octanol–water partition coefficient (Wildman–Crippen LogP) is 4.07. The first kappa shape index (κ1) is 18.5. The topological polar surface area (TPSA) is 60.9 Å². The Labute approximate surface area is 156 Å². The average molecular weight is 374 g/mol. The van der Waals surface area contributed by atoms with E-state index < -0.39 is 11.4 Å². The molecule has 6 heteroatoms. The maximum atomic E-state index is 13.9. The van der Waals surface area contributed by atoms with Crippen LogP contribution in [0, 0.1) is 11.7 Å². The van der Waals surface area contributed by atoms with Gasteiger partial charge in [0.05, 0.1) is 28.0 Å². The quantitative estimate of drug-likeness (QED) is 0.750. The fourth-order valence-corrected chi connectivity index (χ4v) is 2.96. The summed E-state index contributed by atoms with van der Waals surface area (Å²) in [5, 5.41) is 0.116. The molecule has 1 aromatic heterocycles. The zero-order valence-electron chi connectivity index (χ0n) is 15.0. The van der Waals surface area contributed by atoms with Gasteiger partial charge in [-0.2, -0.15) is 0 Å². The van der Waals surface area contributed by atoms with Gasteiger partial charge < -0.3 is 5.73 Å². The number of benzene rings is 2. The van der Waals surface area contributed by atoms with Crippen LogP contribution in [0.3, 0.4) is 0 Å². The van der Waals surface area contributed by atoms with Crippen molar-refractivity contribution in [2.24, 2.45) is 11.7 Å². The van der Waals surface area contributed by atoms with Gasteiger partial charge in [0.25, 0.3) is 5.56 Å². The molecule has 26 heavy (non-hydrogen) atoms. The number of halogens is 2. The molecule has 0 saturated carbocycles. The summed E-state index contributed by atoms with van der Waals surface area (Å²) in [7, 11) is 0. The highest BCUT2D eigenvalue weighted by atomic mass is 35.5. The Kier molecular flexibility index (Phi) is 4.86. The number of rotatable bonds is 4. The van der Waals surface area contributed by atoms with Crippen molar-refractivity contribution in [1.82, 2.24) is 9.55 Å². The molecule has 136 valence electrons. The van der Waals surface area contributed by atoms with E-state index >= 15 is 0 Å². The first-order chi connectivity index (χ1) is 12.2. The first-order valence-electron chi connectivity index (χ1n) is 8.44. The molecule has 3 aromatic rings. The number of fused-ring (bicyclic) bond motifs is 1.